The SMILES string of the molecule is CCN(C(=O)NC(CCO)C(=O)O)c1ccc(F)cc1. The third-order valence-corrected chi connectivity index (χ3v) is 2.71. The van der Waals surface area contributed by atoms with E-state index in [1.54, 1.807) is 6.92 Å². The predicted molar refractivity (Wildman–Crippen MR) is 71.1 cm³/mol. The van der Waals surface area contributed by atoms with Crippen LogP contribution in [-0.4, -0.2) is 41.4 Å². The summed E-state index contributed by atoms with van der Waals surface area (Å²) in [4.78, 5) is 24.2. The van der Waals surface area contributed by atoms with Gasteiger partial charge in [0.2, 0.25) is 0 Å². The summed E-state index contributed by atoms with van der Waals surface area (Å²) in [5, 5.41) is 20.0. The number of hydrogen-bond donors (Lipinski definition) is 3. The molecule has 0 spiro atoms. The predicted octanol–water partition coefficient (Wildman–Crippen LogP) is 1.20. The van der Waals surface area contributed by atoms with Crippen molar-refractivity contribution in [1.82, 2.24) is 5.32 Å². The topological polar surface area (TPSA) is 89.9 Å². The maximum atomic E-state index is 12.8. The Kier molecular flexibility index (Phi) is 5.92. The number of carbonyl (C=O) groups is 2. The van der Waals surface area contributed by atoms with Crippen molar-refractivity contribution in [3.63, 3.8) is 0 Å². The second-order valence-corrected chi connectivity index (χ2v) is 4.07. The average molecular weight is 284 g/mol. The second kappa shape index (κ2) is 7.44. The van der Waals surface area contributed by atoms with Crippen molar-refractivity contribution in [1.29, 1.82) is 0 Å². The normalized spacial score (nSPS) is 11.8. The lowest BCUT2D eigenvalue weighted by Gasteiger charge is -2.23. The van der Waals surface area contributed by atoms with Crippen molar-refractivity contribution < 1.29 is 24.2 Å². The lowest BCUT2D eigenvalue weighted by molar-refractivity contribution is -0.139. The Hall–Kier alpha value is -2.15. The molecule has 0 bridgehead atoms. The molecule has 0 aliphatic rings. The quantitative estimate of drug-likeness (QED) is 0.732. The van der Waals surface area contributed by atoms with Gasteiger partial charge in [-0.3, -0.25) is 4.90 Å². The molecule has 6 nitrogen and oxygen atoms in total. The molecule has 1 aromatic rings. The molecule has 0 saturated carbocycles. The highest BCUT2D eigenvalue weighted by Gasteiger charge is 2.22. The monoisotopic (exact) mass is 284 g/mol. The number of amides is 2. The van der Waals surface area contributed by atoms with E-state index in [2.05, 4.69) is 5.32 Å². The van der Waals surface area contributed by atoms with Gasteiger partial charge in [-0.15, -0.1) is 0 Å². The largest absolute Gasteiger partial charge is 0.480 e. The van der Waals surface area contributed by atoms with Gasteiger partial charge < -0.3 is 15.5 Å². The zero-order valence-corrected chi connectivity index (χ0v) is 11.0. The van der Waals surface area contributed by atoms with E-state index < -0.39 is 23.9 Å². The van der Waals surface area contributed by atoms with Gasteiger partial charge in [0.05, 0.1) is 0 Å². The first-order valence-corrected chi connectivity index (χ1v) is 6.16. The Balaban J connectivity index is 2.81. The molecule has 20 heavy (non-hydrogen) atoms. The van der Waals surface area contributed by atoms with Gasteiger partial charge in [-0.2, -0.15) is 0 Å². The summed E-state index contributed by atoms with van der Waals surface area (Å²) < 4.78 is 12.8. The molecule has 2 amide bonds. The molecule has 0 aromatic heterocycles. The Morgan fingerprint density at radius 2 is 1.95 bits per heavy atom. The zero-order valence-electron chi connectivity index (χ0n) is 11.0. The van der Waals surface area contributed by atoms with Crippen LogP contribution in [0.4, 0.5) is 14.9 Å². The number of anilines is 1. The molecule has 1 rings (SSSR count). The molecule has 3 N–H and O–H groups in total. The van der Waals surface area contributed by atoms with Gasteiger partial charge in [-0.1, -0.05) is 0 Å². The number of aliphatic hydroxyl groups excluding tert-OH is 1. The van der Waals surface area contributed by atoms with E-state index in [4.69, 9.17) is 10.2 Å². The second-order valence-electron chi connectivity index (χ2n) is 4.07. The number of urea groups is 1. The van der Waals surface area contributed by atoms with Crippen LogP contribution in [0.5, 0.6) is 0 Å². The van der Waals surface area contributed by atoms with Gasteiger partial charge in [-0.05, 0) is 31.2 Å². The molecule has 7 heteroatoms. The van der Waals surface area contributed by atoms with Crippen LogP contribution < -0.4 is 10.2 Å². The fraction of sp³-hybridized carbons (Fsp3) is 0.385. The van der Waals surface area contributed by atoms with E-state index in [-0.39, 0.29) is 13.0 Å². The number of carboxylic acid groups (broad SMARTS) is 1. The fourth-order valence-corrected chi connectivity index (χ4v) is 1.68. The van der Waals surface area contributed by atoms with Crippen LogP contribution >= 0.6 is 0 Å². The number of nitrogens with zero attached hydrogens (tertiary/aromatic N) is 1. The molecule has 0 aliphatic heterocycles. The Bertz CT molecular complexity index is 464. The van der Waals surface area contributed by atoms with Crippen molar-refractivity contribution in [2.75, 3.05) is 18.1 Å². The first-order valence-electron chi connectivity index (χ1n) is 6.16. The van der Waals surface area contributed by atoms with E-state index >= 15 is 0 Å². The van der Waals surface area contributed by atoms with E-state index in [0.717, 1.165) is 0 Å². The Morgan fingerprint density at radius 1 is 1.35 bits per heavy atom. The standard InChI is InChI=1S/C13H17FN2O4/c1-2-16(10-5-3-9(14)4-6-10)13(20)15-11(7-8-17)12(18)19/h3-6,11,17H,2,7-8H2,1H3,(H,15,20)(H,18,19). The lowest BCUT2D eigenvalue weighted by Crippen LogP contribution is -2.48. The molecular weight excluding hydrogens is 267 g/mol. The van der Waals surface area contributed by atoms with E-state index in [9.17, 15) is 14.0 Å². The van der Waals surface area contributed by atoms with E-state index in [0.29, 0.717) is 12.2 Å². The van der Waals surface area contributed by atoms with Crippen LogP contribution in [0.3, 0.4) is 0 Å². The summed E-state index contributed by atoms with van der Waals surface area (Å²) in [6, 6.07) is 3.52. The highest BCUT2D eigenvalue weighted by molar-refractivity contribution is 5.94. The maximum absolute atomic E-state index is 12.8. The first kappa shape index (κ1) is 15.9. The number of rotatable bonds is 6. The van der Waals surface area contributed by atoms with Gasteiger partial charge in [-0.25, -0.2) is 14.0 Å². The first-order chi connectivity index (χ1) is 9.49. The molecule has 0 radical (unpaired) electrons. The minimum Gasteiger partial charge on any atom is -0.480 e. The number of nitrogens with one attached hydrogen (secondary N) is 1. The van der Waals surface area contributed by atoms with Crippen LogP contribution in [0, 0.1) is 5.82 Å². The molecule has 0 fully saturated rings. The summed E-state index contributed by atoms with van der Waals surface area (Å²) in [7, 11) is 0. The number of carboxylic acids is 1. The Morgan fingerprint density at radius 3 is 2.40 bits per heavy atom. The maximum Gasteiger partial charge on any atom is 0.326 e. The lowest BCUT2D eigenvalue weighted by atomic mass is 10.2. The van der Waals surface area contributed by atoms with Crippen molar-refractivity contribution in [2.45, 2.75) is 19.4 Å². The number of aliphatic hydroxyl groups is 1. The number of benzene rings is 1. The fourth-order valence-electron chi connectivity index (χ4n) is 1.68. The summed E-state index contributed by atoms with van der Waals surface area (Å²) in [6.07, 6.45) is -0.0813. The highest BCUT2D eigenvalue weighted by Crippen LogP contribution is 2.15. The number of hydrogen-bond acceptors (Lipinski definition) is 3. The highest BCUT2D eigenvalue weighted by atomic mass is 19.1. The van der Waals surface area contributed by atoms with Gasteiger partial charge >= 0.3 is 12.0 Å². The zero-order chi connectivity index (χ0) is 15.1. The number of carbonyl (C=O) groups excluding carboxylic acids is 1. The summed E-state index contributed by atoms with van der Waals surface area (Å²) in [5.74, 6) is -1.64. The molecular formula is C13H17FN2O4. The third-order valence-electron chi connectivity index (χ3n) is 2.71. The third kappa shape index (κ3) is 4.20. The van der Waals surface area contributed by atoms with Crippen LogP contribution in [0.2, 0.25) is 0 Å². The number of halogens is 1. The van der Waals surface area contributed by atoms with Crippen LogP contribution in [0.1, 0.15) is 13.3 Å². The molecule has 1 unspecified atom stereocenters. The molecule has 1 atom stereocenters. The van der Waals surface area contributed by atoms with E-state index in [1.807, 2.05) is 0 Å². The van der Waals surface area contributed by atoms with Gasteiger partial charge in [0, 0.05) is 25.3 Å². The van der Waals surface area contributed by atoms with Crippen molar-refractivity contribution in [3.05, 3.63) is 30.1 Å². The van der Waals surface area contributed by atoms with Crippen molar-refractivity contribution >= 4 is 17.7 Å². The van der Waals surface area contributed by atoms with Crippen LogP contribution in [0.15, 0.2) is 24.3 Å². The number of aliphatic carboxylic acids is 1. The van der Waals surface area contributed by atoms with Crippen LogP contribution in [-0.2, 0) is 4.79 Å². The smallest absolute Gasteiger partial charge is 0.326 e. The molecule has 110 valence electrons. The molecule has 0 saturated heterocycles. The van der Waals surface area contributed by atoms with Gasteiger partial charge in [0.15, 0.2) is 0 Å². The summed E-state index contributed by atoms with van der Waals surface area (Å²) >= 11 is 0. The minimum absolute atomic E-state index is 0.0813. The van der Waals surface area contributed by atoms with Crippen molar-refractivity contribution in [3.8, 4) is 0 Å². The van der Waals surface area contributed by atoms with Gasteiger partial charge in [0.1, 0.15) is 11.9 Å². The molecule has 0 aliphatic carbocycles. The minimum atomic E-state index is -1.22. The van der Waals surface area contributed by atoms with Crippen molar-refractivity contribution in [2.24, 2.45) is 0 Å². The molecule has 1 aromatic carbocycles. The average Bonchev–Trinajstić information content (AvgIpc) is 2.41. The molecule has 0 heterocycles. The Labute approximate surface area is 115 Å². The van der Waals surface area contributed by atoms with Crippen LogP contribution in [0.25, 0.3) is 0 Å². The van der Waals surface area contributed by atoms with Gasteiger partial charge in [0.25, 0.3) is 0 Å². The summed E-state index contributed by atoms with van der Waals surface area (Å²) in [6.45, 7) is 1.66. The van der Waals surface area contributed by atoms with E-state index in [1.165, 1.54) is 29.2 Å². The summed E-state index contributed by atoms with van der Waals surface area (Å²) in [5.41, 5.74) is 0.458.